The van der Waals surface area contributed by atoms with Gasteiger partial charge in [-0.2, -0.15) is 0 Å². The van der Waals surface area contributed by atoms with Gasteiger partial charge < -0.3 is 5.32 Å². The summed E-state index contributed by atoms with van der Waals surface area (Å²) in [6.45, 7) is 5.12. The van der Waals surface area contributed by atoms with E-state index >= 15 is 0 Å². The zero-order valence-corrected chi connectivity index (χ0v) is 13.2. The number of nitrogens with one attached hydrogen (secondary N) is 1. The molecule has 0 aliphatic carbocycles. The van der Waals surface area contributed by atoms with Crippen LogP contribution in [0.25, 0.3) is 0 Å². The minimum Gasteiger partial charge on any atom is -0.304 e. The molecule has 1 atom stereocenters. The highest BCUT2D eigenvalue weighted by atomic mass is 14.9. The van der Waals surface area contributed by atoms with Crippen LogP contribution in [0.5, 0.6) is 0 Å². The lowest BCUT2D eigenvalue weighted by Gasteiger charge is -2.19. The van der Waals surface area contributed by atoms with Gasteiger partial charge in [-0.05, 0) is 31.0 Å². The van der Waals surface area contributed by atoms with Gasteiger partial charge in [-0.15, -0.1) is 0 Å². The van der Waals surface area contributed by atoms with Crippen LogP contribution in [0.3, 0.4) is 0 Å². The van der Waals surface area contributed by atoms with Gasteiger partial charge in [0, 0.05) is 18.3 Å². The Labute approximate surface area is 128 Å². The second-order valence-corrected chi connectivity index (χ2v) is 5.61. The van der Waals surface area contributed by atoms with Crippen molar-refractivity contribution in [1.29, 1.82) is 0 Å². The molecule has 0 bridgehead atoms. The van der Waals surface area contributed by atoms with Crippen LogP contribution in [0.1, 0.15) is 55.6 Å². The lowest BCUT2D eigenvalue weighted by Crippen LogP contribution is -2.21. The van der Waals surface area contributed by atoms with Crippen molar-refractivity contribution in [3.05, 3.63) is 65.5 Å². The van der Waals surface area contributed by atoms with E-state index in [1.165, 1.54) is 31.2 Å². The van der Waals surface area contributed by atoms with Crippen molar-refractivity contribution < 1.29 is 0 Å². The second kappa shape index (κ2) is 8.58. The van der Waals surface area contributed by atoms with Crippen molar-refractivity contribution in [1.82, 2.24) is 10.3 Å². The Kier molecular flexibility index (Phi) is 6.42. The van der Waals surface area contributed by atoms with E-state index in [4.69, 9.17) is 0 Å². The van der Waals surface area contributed by atoms with Crippen LogP contribution in [0.2, 0.25) is 0 Å². The van der Waals surface area contributed by atoms with Crippen LogP contribution in [0.15, 0.2) is 48.5 Å². The summed E-state index contributed by atoms with van der Waals surface area (Å²) >= 11 is 0. The third-order valence-corrected chi connectivity index (χ3v) is 3.77. The zero-order valence-electron chi connectivity index (χ0n) is 13.2. The first-order valence-electron chi connectivity index (χ1n) is 8.00. The highest BCUT2D eigenvalue weighted by Gasteiger charge is 2.10. The molecule has 2 aromatic rings. The van der Waals surface area contributed by atoms with E-state index in [2.05, 4.69) is 59.7 Å². The molecule has 2 rings (SSSR count). The monoisotopic (exact) mass is 282 g/mol. The Balaban J connectivity index is 1.98. The fourth-order valence-electron chi connectivity index (χ4n) is 2.60. The van der Waals surface area contributed by atoms with Crippen LogP contribution in [-0.4, -0.2) is 4.98 Å². The summed E-state index contributed by atoms with van der Waals surface area (Å²) in [5.41, 5.74) is 3.57. The number of nitrogens with zero attached hydrogens (tertiary/aromatic N) is 1. The summed E-state index contributed by atoms with van der Waals surface area (Å²) in [4.78, 5) is 4.57. The summed E-state index contributed by atoms with van der Waals surface area (Å²) in [5.74, 6) is 0. The zero-order chi connectivity index (χ0) is 14.9. The minimum atomic E-state index is 0.417. The molecule has 0 fully saturated rings. The lowest BCUT2D eigenvalue weighted by atomic mass is 10.0. The van der Waals surface area contributed by atoms with Crippen LogP contribution in [-0.2, 0) is 6.54 Å². The number of rotatable bonds is 8. The average molecular weight is 282 g/mol. The predicted octanol–water partition coefficient (Wildman–Crippen LogP) is 4.80. The van der Waals surface area contributed by atoms with Gasteiger partial charge >= 0.3 is 0 Å². The van der Waals surface area contributed by atoms with Crippen molar-refractivity contribution in [3.8, 4) is 0 Å². The van der Waals surface area contributed by atoms with Gasteiger partial charge in [-0.25, -0.2) is 0 Å². The Morgan fingerprint density at radius 1 is 1.00 bits per heavy atom. The summed E-state index contributed by atoms with van der Waals surface area (Å²) in [6.07, 6.45) is 5.02. The lowest BCUT2D eigenvalue weighted by molar-refractivity contribution is 0.470. The maximum atomic E-state index is 4.57. The van der Waals surface area contributed by atoms with Gasteiger partial charge in [0.25, 0.3) is 0 Å². The molecule has 1 heterocycles. The molecular formula is C19H26N2. The van der Waals surface area contributed by atoms with Crippen molar-refractivity contribution in [2.45, 2.75) is 52.1 Å². The summed E-state index contributed by atoms with van der Waals surface area (Å²) in [7, 11) is 0. The van der Waals surface area contributed by atoms with Crippen molar-refractivity contribution in [2.75, 3.05) is 0 Å². The molecule has 0 saturated carbocycles. The standard InChI is InChI=1S/C19H26N2/c1-3-4-6-14-19(17-11-7-5-8-12-17)20-15-18-13-9-10-16(2)21-18/h5,7-13,19-20H,3-4,6,14-15H2,1-2H3. The highest BCUT2D eigenvalue weighted by Crippen LogP contribution is 2.20. The molecule has 2 nitrogen and oxygen atoms in total. The van der Waals surface area contributed by atoms with E-state index in [1.807, 2.05) is 13.0 Å². The van der Waals surface area contributed by atoms with Crippen LogP contribution < -0.4 is 5.32 Å². The topological polar surface area (TPSA) is 24.9 Å². The highest BCUT2D eigenvalue weighted by molar-refractivity contribution is 5.19. The Bertz CT molecular complexity index is 522. The molecule has 112 valence electrons. The summed E-state index contributed by atoms with van der Waals surface area (Å²) in [5, 5.41) is 3.68. The van der Waals surface area contributed by atoms with Crippen LogP contribution in [0.4, 0.5) is 0 Å². The van der Waals surface area contributed by atoms with E-state index in [9.17, 15) is 0 Å². The van der Waals surface area contributed by atoms with E-state index < -0.39 is 0 Å². The second-order valence-electron chi connectivity index (χ2n) is 5.61. The summed E-state index contributed by atoms with van der Waals surface area (Å²) < 4.78 is 0. The molecule has 0 aliphatic heterocycles. The number of pyridine rings is 1. The Morgan fingerprint density at radius 3 is 2.52 bits per heavy atom. The van der Waals surface area contributed by atoms with Gasteiger partial charge in [-0.1, -0.05) is 62.6 Å². The maximum absolute atomic E-state index is 4.57. The van der Waals surface area contributed by atoms with Crippen LogP contribution in [0, 0.1) is 6.92 Å². The fourth-order valence-corrected chi connectivity index (χ4v) is 2.60. The van der Waals surface area contributed by atoms with Gasteiger partial charge in [0.05, 0.1) is 5.69 Å². The van der Waals surface area contributed by atoms with Gasteiger partial charge in [0.1, 0.15) is 0 Å². The van der Waals surface area contributed by atoms with Gasteiger partial charge in [0.15, 0.2) is 0 Å². The number of aryl methyl sites for hydroxylation is 1. The van der Waals surface area contributed by atoms with Gasteiger partial charge in [-0.3, -0.25) is 4.98 Å². The molecule has 1 N–H and O–H groups in total. The smallest absolute Gasteiger partial charge is 0.0545 e. The van der Waals surface area contributed by atoms with E-state index in [0.717, 1.165) is 17.9 Å². The normalized spacial score (nSPS) is 12.3. The average Bonchev–Trinajstić information content (AvgIpc) is 2.52. The third kappa shape index (κ3) is 5.31. The predicted molar refractivity (Wildman–Crippen MR) is 89.1 cm³/mol. The molecule has 21 heavy (non-hydrogen) atoms. The molecule has 0 amide bonds. The number of hydrogen-bond acceptors (Lipinski definition) is 2. The molecule has 0 aliphatic rings. The fraction of sp³-hybridized carbons (Fsp3) is 0.421. The Hall–Kier alpha value is -1.67. The van der Waals surface area contributed by atoms with Crippen molar-refractivity contribution in [3.63, 3.8) is 0 Å². The third-order valence-electron chi connectivity index (χ3n) is 3.77. The first-order valence-corrected chi connectivity index (χ1v) is 8.00. The van der Waals surface area contributed by atoms with E-state index in [-0.39, 0.29) is 0 Å². The largest absolute Gasteiger partial charge is 0.304 e. The van der Waals surface area contributed by atoms with E-state index in [1.54, 1.807) is 0 Å². The van der Waals surface area contributed by atoms with Crippen molar-refractivity contribution >= 4 is 0 Å². The molecule has 0 saturated heterocycles. The molecule has 0 radical (unpaired) electrons. The first-order chi connectivity index (χ1) is 10.3. The molecule has 1 aromatic heterocycles. The first kappa shape index (κ1) is 15.7. The Morgan fingerprint density at radius 2 is 1.81 bits per heavy atom. The SMILES string of the molecule is CCCCCC(NCc1cccc(C)n1)c1ccccc1. The van der Waals surface area contributed by atoms with E-state index in [0.29, 0.717) is 6.04 Å². The number of benzene rings is 1. The van der Waals surface area contributed by atoms with Crippen molar-refractivity contribution in [2.24, 2.45) is 0 Å². The quantitative estimate of drug-likeness (QED) is 0.703. The summed E-state index contributed by atoms with van der Waals surface area (Å²) in [6, 6.07) is 17.4. The molecule has 2 heteroatoms. The number of unbranched alkanes of at least 4 members (excludes halogenated alkanes) is 2. The molecular weight excluding hydrogens is 256 g/mol. The number of aromatic nitrogens is 1. The molecule has 0 spiro atoms. The molecule has 1 aromatic carbocycles. The molecule has 1 unspecified atom stereocenters. The number of hydrogen-bond donors (Lipinski definition) is 1. The minimum absolute atomic E-state index is 0.417. The van der Waals surface area contributed by atoms with Gasteiger partial charge in [0.2, 0.25) is 0 Å². The van der Waals surface area contributed by atoms with Crippen LogP contribution >= 0.6 is 0 Å². The maximum Gasteiger partial charge on any atom is 0.0545 e.